The standard InChI is InChI=1S/C15H21ClN2O/c1-15(2,9-11-5-3-4-6-13(11)16)18-14(19)12-7-8-17-10-12/h3-6,12,17H,7-10H2,1-2H3,(H,18,19). The number of benzene rings is 1. The second kappa shape index (κ2) is 5.93. The molecule has 1 atom stereocenters. The maximum atomic E-state index is 12.2. The predicted octanol–water partition coefficient (Wildman–Crippen LogP) is 2.39. The molecule has 1 aliphatic heterocycles. The van der Waals surface area contributed by atoms with Gasteiger partial charge in [-0.2, -0.15) is 0 Å². The van der Waals surface area contributed by atoms with Gasteiger partial charge in [0.1, 0.15) is 0 Å². The molecule has 0 saturated carbocycles. The van der Waals surface area contributed by atoms with Crippen LogP contribution in [-0.2, 0) is 11.2 Å². The van der Waals surface area contributed by atoms with Crippen LogP contribution in [0.3, 0.4) is 0 Å². The van der Waals surface area contributed by atoms with Gasteiger partial charge < -0.3 is 10.6 Å². The molecule has 1 fully saturated rings. The predicted molar refractivity (Wildman–Crippen MR) is 78.4 cm³/mol. The molecule has 104 valence electrons. The van der Waals surface area contributed by atoms with Gasteiger partial charge in [-0.25, -0.2) is 0 Å². The van der Waals surface area contributed by atoms with Crippen molar-refractivity contribution in [1.82, 2.24) is 10.6 Å². The molecule has 0 spiro atoms. The van der Waals surface area contributed by atoms with Crippen LogP contribution in [0, 0.1) is 5.92 Å². The number of hydrogen-bond donors (Lipinski definition) is 2. The van der Waals surface area contributed by atoms with Gasteiger partial charge in [0.05, 0.1) is 5.92 Å². The first-order valence-electron chi connectivity index (χ1n) is 6.74. The highest BCUT2D eigenvalue weighted by atomic mass is 35.5. The highest BCUT2D eigenvalue weighted by molar-refractivity contribution is 6.31. The van der Waals surface area contributed by atoms with Gasteiger partial charge >= 0.3 is 0 Å². The molecule has 1 heterocycles. The molecule has 0 aliphatic carbocycles. The van der Waals surface area contributed by atoms with Gasteiger partial charge in [-0.3, -0.25) is 4.79 Å². The summed E-state index contributed by atoms with van der Waals surface area (Å²) in [4.78, 5) is 12.2. The van der Waals surface area contributed by atoms with E-state index in [4.69, 9.17) is 11.6 Å². The minimum Gasteiger partial charge on any atom is -0.351 e. The summed E-state index contributed by atoms with van der Waals surface area (Å²) in [6.45, 7) is 5.80. The van der Waals surface area contributed by atoms with E-state index >= 15 is 0 Å². The molecule has 19 heavy (non-hydrogen) atoms. The quantitative estimate of drug-likeness (QED) is 0.889. The Morgan fingerprint density at radius 1 is 1.47 bits per heavy atom. The fraction of sp³-hybridized carbons (Fsp3) is 0.533. The zero-order valence-electron chi connectivity index (χ0n) is 11.5. The van der Waals surface area contributed by atoms with Crippen LogP contribution in [0.1, 0.15) is 25.8 Å². The minimum atomic E-state index is -0.287. The lowest BCUT2D eigenvalue weighted by Gasteiger charge is -2.28. The van der Waals surface area contributed by atoms with Gasteiger partial charge in [0.2, 0.25) is 5.91 Å². The smallest absolute Gasteiger partial charge is 0.224 e. The molecular weight excluding hydrogens is 260 g/mol. The zero-order valence-corrected chi connectivity index (χ0v) is 12.3. The molecule has 1 saturated heterocycles. The lowest BCUT2D eigenvalue weighted by Crippen LogP contribution is -2.48. The summed E-state index contributed by atoms with van der Waals surface area (Å²) in [7, 11) is 0. The molecule has 0 bridgehead atoms. The largest absolute Gasteiger partial charge is 0.351 e. The number of rotatable bonds is 4. The van der Waals surface area contributed by atoms with E-state index in [0.717, 1.165) is 36.5 Å². The van der Waals surface area contributed by atoms with Gasteiger partial charge in [-0.05, 0) is 44.9 Å². The van der Waals surface area contributed by atoms with Crippen molar-refractivity contribution in [1.29, 1.82) is 0 Å². The van der Waals surface area contributed by atoms with Crippen LogP contribution >= 0.6 is 11.6 Å². The monoisotopic (exact) mass is 280 g/mol. The van der Waals surface area contributed by atoms with Crippen molar-refractivity contribution in [3.05, 3.63) is 34.9 Å². The molecule has 1 unspecified atom stereocenters. The summed E-state index contributed by atoms with van der Waals surface area (Å²) in [6.07, 6.45) is 1.66. The van der Waals surface area contributed by atoms with Gasteiger partial charge in [0, 0.05) is 17.1 Å². The zero-order chi connectivity index (χ0) is 13.9. The summed E-state index contributed by atoms with van der Waals surface area (Å²) in [5.74, 6) is 0.243. The van der Waals surface area contributed by atoms with E-state index in [9.17, 15) is 4.79 Å². The normalized spacial score (nSPS) is 19.4. The van der Waals surface area contributed by atoms with Crippen LogP contribution in [0.4, 0.5) is 0 Å². The Labute approximate surface area is 119 Å². The number of nitrogens with one attached hydrogen (secondary N) is 2. The topological polar surface area (TPSA) is 41.1 Å². The van der Waals surface area contributed by atoms with E-state index in [1.807, 2.05) is 38.1 Å². The minimum absolute atomic E-state index is 0.102. The number of amides is 1. The Kier molecular flexibility index (Phi) is 4.48. The summed E-state index contributed by atoms with van der Waals surface area (Å²) < 4.78 is 0. The van der Waals surface area contributed by atoms with E-state index in [-0.39, 0.29) is 17.4 Å². The second-order valence-corrected chi connectivity index (χ2v) is 6.24. The van der Waals surface area contributed by atoms with Crippen molar-refractivity contribution in [3.63, 3.8) is 0 Å². The Hall–Kier alpha value is -1.06. The van der Waals surface area contributed by atoms with E-state index in [0.29, 0.717) is 0 Å². The van der Waals surface area contributed by atoms with Gasteiger partial charge in [-0.15, -0.1) is 0 Å². The SMILES string of the molecule is CC(C)(Cc1ccccc1Cl)NC(=O)C1CCNC1. The van der Waals surface area contributed by atoms with E-state index in [1.54, 1.807) is 0 Å². The van der Waals surface area contributed by atoms with Crippen molar-refractivity contribution in [2.75, 3.05) is 13.1 Å². The third kappa shape index (κ3) is 3.95. The van der Waals surface area contributed by atoms with Crippen molar-refractivity contribution in [3.8, 4) is 0 Å². The maximum absolute atomic E-state index is 12.2. The van der Waals surface area contributed by atoms with Crippen molar-refractivity contribution in [2.45, 2.75) is 32.2 Å². The summed E-state index contributed by atoms with van der Waals surface area (Å²) in [5.41, 5.74) is 0.781. The highest BCUT2D eigenvalue weighted by Crippen LogP contribution is 2.21. The molecule has 3 nitrogen and oxygen atoms in total. The molecule has 1 aromatic rings. The molecule has 1 aliphatic rings. The Balaban J connectivity index is 1.98. The molecule has 4 heteroatoms. The van der Waals surface area contributed by atoms with Gasteiger partial charge in [0.25, 0.3) is 0 Å². The number of carbonyl (C=O) groups excluding carboxylic acids is 1. The van der Waals surface area contributed by atoms with Crippen LogP contribution in [0.15, 0.2) is 24.3 Å². The van der Waals surface area contributed by atoms with Crippen LogP contribution in [0.25, 0.3) is 0 Å². The second-order valence-electron chi connectivity index (χ2n) is 5.83. The van der Waals surface area contributed by atoms with E-state index < -0.39 is 0 Å². The average Bonchev–Trinajstić information content (AvgIpc) is 2.85. The fourth-order valence-corrected chi connectivity index (χ4v) is 2.68. The van der Waals surface area contributed by atoms with Crippen molar-refractivity contribution >= 4 is 17.5 Å². The van der Waals surface area contributed by atoms with Crippen molar-refractivity contribution < 1.29 is 4.79 Å². The number of carbonyl (C=O) groups is 1. The van der Waals surface area contributed by atoms with Crippen molar-refractivity contribution in [2.24, 2.45) is 5.92 Å². The van der Waals surface area contributed by atoms with Gasteiger partial charge in [0.15, 0.2) is 0 Å². The lowest BCUT2D eigenvalue weighted by molar-refractivity contribution is -0.126. The van der Waals surface area contributed by atoms with Crippen LogP contribution in [-0.4, -0.2) is 24.5 Å². The van der Waals surface area contributed by atoms with Crippen LogP contribution < -0.4 is 10.6 Å². The third-order valence-electron chi connectivity index (χ3n) is 3.48. The van der Waals surface area contributed by atoms with Gasteiger partial charge in [-0.1, -0.05) is 29.8 Å². The molecule has 2 N–H and O–H groups in total. The molecule has 0 radical (unpaired) electrons. The lowest BCUT2D eigenvalue weighted by atomic mass is 9.93. The van der Waals surface area contributed by atoms with Crippen LogP contribution in [0.2, 0.25) is 5.02 Å². The molecule has 1 aromatic carbocycles. The fourth-order valence-electron chi connectivity index (χ4n) is 2.48. The first-order chi connectivity index (χ1) is 8.98. The molecule has 0 aromatic heterocycles. The highest BCUT2D eigenvalue weighted by Gasteiger charge is 2.28. The Morgan fingerprint density at radius 2 is 2.21 bits per heavy atom. The molecular formula is C15H21ClN2O. The average molecular weight is 281 g/mol. The van der Waals surface area contributed by atoms with Crippen LogP contribution in [0.5, 0.6) is 0 Å². The Bertz CT molecular complexity index is 453. The summed E-state index contributed by atoms with van der Waals surface area (Å²) in [5, 5.41) is 7.11. The van der Waals surface area contributed by atoms with E-state index in [1.165, 1.54) is 0 Å². The summed E-state index contributed by atoms with van der Waals surface area (Å²) in [6, 6.07) is 7.78. The molecule has 1 amide bonds. The maximum Gasteiger partial charge on any atom is 0.224 e. The first kappa shape index (κ1) is 14.4. The first-order valence-corrected chi connectivity index (χ1v) is 7.12. The van der Waals surface area contributed by atoms with E-state index in [2.05, 4.69) is 10.6 Å². The Morgan fingerprint density at radius 3 is 2.84 bits per heavy atom. The number of hydrogen-bond acceptors (Lipinski definition) is 2. The molecule has 2 rings (SSSR count). The summed E-state index contributed by atoms with van der Waals surface area (Å²) >= 11 is 6.17. The number of halogens is 1. The third-order valence-corrected chi connectivity index (χ3v) is 3.85.